The minimum absolute atomic E-state index is 0.00902. The number of nitrogens with zero attached hydrogens (tertiary/aromatic N) is 1. The van der Waals surface area contributed by atoms with Gasteiger partial charge in [0.05, 0.1) is 19.3 Å². The summed E-state index contributed by atoms with van der Waals surface area (Å²) in [6.45, 7) is 3.65. The first-order chi connectivity index (χ1) is 9.46. The normalized spacial score (nSPS) is 11.9. The second kappa shape index (κ2) is 5.78. The molecule has 2 heterocycles. The summed E-state index contributed by atoms with van der Waals surface area (Å²) in [5, 5.41) is 0. The zero-order chi connectivity index (χ0) is 14.8. The minimum atomic E-state index is -3.68. The van der Waals surface area contributed by atoms with Gasteiger partial charge in [0.15, 0.2) is 0 Å². The third-order valence-electron chi connectivity index (χ3n) is 2.78. The first-order valence-electron chi connectivity index (χ1n) is 6.19. The lowest BCUT2D eigenvalue weighted by molar-refractivity contribution is 0.451. The van der Waals surface area contributed by atoms with Gasteiger partial charge in [0.1, 0.15) is 22.2 Å². The summed E-state index contributed by atoms with van der Waals surface area (Å²) < 4.78 is 37.3. The van der Waals surface area contributed by atoms with Crippen LogP contribution < -0.4 is 10.5 Å². The number of aryl methyl sites for hydroxylation is 2. The van der Waals surface area contributed by atoms with Gasteiger partial charge in [0, 0.05) is 12.5 Å². The number of rotatable bonds is 6. The van der Waals surface area contributed by atoms with Gasteiger partial charge in [-0.2, -0.15) is 0 Å². The lowest BCUT2D eigenvalue weighted by atomic mass is 10.4. The van der Waals surface area contributed by atoms with E-state index in [9.17, 15) is 8.42 Å². The average Bonchev–Trinajstić information content (AvgIpc) is 3.02. The van der Waals surface area contributed by atoms with E-state index in [1.54, 1.807) is 13.1 Å². The summed E-state index contributed by atoms with van der Waals surface area (Å²) >= 11 is 0. The average molecular weight is 299 g/mol. The van der Waals surface area contributed by atoms with E-state index in [-0.39, 0.29) is 18.0 Å². The molecule has 8 heteroatoms. The van der Waals surface area contributed by atoms with Crippen LogP contribution in [0.25, 0.3) is 0 Å². The molecule has 0 aliphatic heterocycles. The third kappa shape index (κ3) is 3.09. The molecule has 0 aromatic carbocycles. The van der Waals surface area contributed by atoms with Crippen molar-refractivity contribution < 1.29 is 17.3 Å². The fraction of sp³-hybridized carbons (Fsp3) is 0.417. The van der Waals surface area contributed by atoms with Gasteiger partial charge in [-0.25, -0.2) is 18.1 Å². The number of furan rings is 1. The van der Waals surface area contributed by atoms with Crippen LogP contribution in [0.3, 0.4) is 0 Å². The molecule has 0 aliphatic rings. The minimum Gasteiger partial charge on any atom is -0.464 e. The van der Waals surface area contributed by atoms with E-state index in [0.29, 0.717) is 29.6 Å². The Bertz CT molecular complexity index is 687. The molecular weight excluding hydrogens is 282 g/mol. The van der Waals surface area contributed by atoms with Gasteiger partial charge in [-0.15, -0.1) is 0 Å². The monoisotopic (exact) mass is 299 g/mol. The Hall–Kier alpha value is -1.64. The Morgan fingerprint density at radius 3 is 2.65 bits per heavy atom. The predicted molar refractivity (Wildman–Crippen MR) is 71.2 cm³/mol. The topological polar surface area (TPSA) is 111 Å². The maximum Gasteiger partial charge on any atom is 0.244 e. The number of nitrogens with one attached hydrogen (secondary N) is 1. The number of sulfonamides is 1. The van der Waals surface area contributed by atoms with Gasteiger partial charge in [-0.05, 0) is 6.92 Å². The molecule has 2 aromatic rings. The number of hydrogen-bond acceptors (Lipinski definition) is 6. The van der Waals surface area contributed by atoms with Crippen LogP contribution in [0.4, 0.5) is 0 Å². The number of oxazole rings is 1. The first kappa shape index (κ1) is 14.8. The molecule has 0 saturated heterocycles. The van der Waals surface area contributed by atoms with Crippen molar-refractivity contribution in [3.05, 3.63) is 35.4 Å². The number of hydrogen-bond donors (Lipinski definition) is 2. The molecule has 0 unspecified atom stereocenters. The van der Waals surface area contributed by atoms with Gasteiger partial charge >= 0.3 is 0 Å². The molecule has 0 radical (unpaired) electrons. The van der Waals surface area contributed by atoms with Gasteiger partial charge in [0.25, 0.3) is 0 Å². The van der Waals surface area contributed by atoms with Gasteiger partial charge in [0.2, 0.25) is 15.9 Å². The second-order valence-corrected chi connectivity index (χ2v) is 5.97. The summed E-state index contributed by atoms with van der Waals surface area (Å²) in [6.07, 6.45) is 2.29. The van der Waals surface area contributed by atoms with Crippen LogP contribution >= 0.6 is 0 Å². The Kier molecular flexibility index (Phi) is 4.26. The Morgan fingerprint density at radius 1 is 1.35 bits per heavy atom. The van der Waals surface area contributed by atoms with Crippen molar-refractivity contribution in [2.24, 2.45) is 5.73 Å². The highest BCUT2D eigenvalue weighted by molar-refractivity contribution is 7.89. The van der Waals surface area contributed by atoms with Crippen molar-refractivity contribution in [1.82, 2.24) is 9.71 Å². The molecule has 7 nitrogen and oxygen atoms in total. The van der Waals surface area contributed by atoms with Crippen molar-refractivity contribution >= 4 is 10.0 Å². The molecule has 0 aliphatic carbocycles. The highest BCUT2D eigenvalue weighted by atomic mass is 32.2. The first-order valence-corrected chi connectivity index (χ1v) is 7.67. The molecule has 2 aromatic heterocycles. The van der Waals surface area contributed by atoms with Crippen LogP contribution in [0, 0.1) is 6.92 Å². The maximum absolute atomic E-state index is 12.2. The number of aromatic nitrogens is 1. The van der Waals surface area contributed by atoms with Crippen molar-refractivity contribution in [3.8, 4) is 0 Å². The van der Waals surface area contributed by atoms with E-state index in [0.717, 1.165) is 0 Å². The van der Waals surface area contributed by atoms with Gasteiger partial charge < -0.3 is 14.6 Å². The third-order valence-corrected chi connectivity index (χ3v) is 4.29. The van der Waals surface area contributed by atoms with Crippen LogP contribution in [0.1, 0.15) is 30.1 Å². The van der Waals surface area contributed by atoms with E-state index >= 15 is 0 Å². The molecule has 0 saturated carbocycles. The Morgan fingerprint density at radius 2 is 2.10 bits per heavy atom. The smallest absolute Gasteiger partial charge is 0.244 e. The molecule has 110 valence electrons. The summed E-state index contributed by atoms with van der Waals surface area (Å²) in [7, 11) is -3.68. The summed E-state index contributed by atoms with van der Waals surface area (Å²) in [5.74, 6) is 1.77. The van der Waals surface area contributed by atoms with E-state index in [1.165, 1.54) is 6.07 Å². The molecular formula is C12H17N3O4S. The zero-order valence-electron chi connectivity index (χ0n) is 11.3. The fourth-order valence-corrected chi connectivity index (χ4v) is 2.90. The second-order valence-electron chi connectivity index (χ2n) is 4.24. The van der Waals surface area contributed by atoms with Crippen LogP contribution in [0.5, 0.6) is 0 Å². The summed E-state index contributed by atoms with van der Waals surface area (Å²) in [5.41, 5.74) is 5.42. The SMILES string of the molecule is CCc1cnc(CNS(=O)(=O)c2cc(CN)oc2C)o1. The van der Waals surface area contributed by atoms with Gasteiger partial charge in [-0.1, -0.05) is 6.92 Å². The summed E-state index contributed by atoms with van der Waals surface area (Å²) in [6, 6.07) is 1.42. The molecule has 0 spiro atoms. The molecule has 0 atom stereocenters. The van der Waals surface area contributed by atoms with Crippen molar-refractivity contribution in [3.63, 3.8) is 0 Å². The van der Waals surface area contributed by atoms with Crippen LogP contribution in [-0.2, 0) is 29.5 Å². The van der Waals surface area contributed by atoms with Crippen molar-refractivity contribution in [2.45, 2.75) is 38.3 Å². The van der Waals surface area contributed by atoms with Gasteiger partial charge in [-0.3, -0.25) is 0 Å². The zero-order valence-corrected chi connectivity index (χ0v) is 12.2. The van der Waals surface area contributed by atoms with E-state index < -0.39 is 10.0 Å². The quantitative estimate of drug-likeness (QED) is 0.825. The van der Waals surface area contributed by atoms with Crippen molar-refractivity contribution in [2.75, 3.05) is 0 Å². The van der Waals surface area contributed by atoms with Crippen molar-refractivity contribution in [1.29, 1.82) is 0 Å². The fourth-order valence-electron chi connectivity index (χ4n) is 1.72. The van der Waals surface area contributed by atoms with Crippen LogP contribution in [-0.4, -0.2) is 13.4 Å². The Labute approximate surface area is 117 Å². The lowest BCUT2D eigenvalue weighted by Gasteiger charge is -2.02. The maximum atomic E-state index is 12.2. The molecule has 0 bridgehead atoms. The van der Waals surface area contributed by atoms with Crippen LogP contribution in [0.2, 0.25) is 0 Å². The molecule has 0 amide bonds. The molecule has 0 fully saturated rings. The van der Waals surface area contributed by atoms with E-state index in [1.807, 2.05) is 6.92 Å². The highest BCUT2D eigenvalue weighted by Crippen LogP contribution is 2.19. The molecule has 20 heavy (non-hydrogen) atoms. The van der Waals surface area contributed by atoms with E-state index in [2.05, 4.69) is 9.71 Å². The van der Waals surface area contributed by atoms with E-state index in [4.69, 9.17) is 14.6 Å². The van der Waals surface area contributed by atoms with Crippen LogP contribution in [0.15, 0.2) is 26.0 Å². The largest absolute Gasteiger partial charge is 0.464 e. The molecule has 2 rings (SSSR count). The predicted octanol–water partition coefficient (Wildman–Crippen LogP) is 1.08. The molecule has 3 N–H and O–H groups in total. The standard InChI is InChI=1S/C12H17N3O4S/c1-3-9-6-14-12(19-9)7-15-20(16,17)11-4-10(5-13)18-8(11)2/h4,6,15H,3,5,7,13H2,1-2H3. The Balaban J connectivity index is 2.12. The summed E-state index contributed by atoms with van der Waals surface area (Å²) in [4.78, 5) is 4.07. The number of nitrogens with two attached hydrogens (primary N) is 1. The highest BCUT2D eigenvalue weighted by Gasteiger charge is 2.21. The lowest BCUT2D eigenvalue weighted by Crippen LogP contribution is -2.23.